The molecule has 0 unspecified atom stereocenters. The Balaban J connectivity index is 1.97. The van der Waals surface area contributed by atoms with Gasteiger partial charge in [0.1, 0.15) is 5.75 Å². The van der Waals surface area contributed by atoms with Crippen LogP contribution in [0.3, 0.4) is 0 Å². The largest absolute Gasteiger partial charge is 0.707 e. The molecular formula is C34H31BO3. The van der Waals surface area contributed by atoms with Crippen LogP contribution in [0.2, 0.25) is 0 Å². The van der Waals surface area contributed by atoms with Crippen molar-refractivity contribution >= 4 is 7.32 Å². The molecule has 0 aromatic heterocycles. The highest BCUT2D eigenvalue weighted by molar-refractivity contribution is 6.34. The molecule has 0 saturated carbocycles. The van der Waals surface area contributed by atoms with Crippen LogP contribution in [-0.2, 0) is 0 Å². The third kappa shape index (κ3) is 5.28. The van der Waals surface area contributed by atoms with E-state index >= 15 is 0 Å². The van der Waals surface area contributed by atoms with Crippen molar-refractivity contribution in [3.8, 4) is 50.3 Å². The fraction of sp³-hybridized carbons (Fsp3) is 0.118. The fourth-order valence-electron chi connectivity index (χ4n) is 4.86. The van der Waals surface area contributed by atoms with E-state index in [0.29, 0.717) is 5.75 Å². The van der Waals surface area contributed by atoms with Crippen molar-refractivity contribution in [2.75, 3.05) is 0 Å². The monoisotopic (exact) mass is 498 g/mol. The van der Waals surface area contributed by atoms with Crippen LogP contribution < -0.4 is 4.65 Å². The molecule has 5 rings (SSSR count). The number of benzene rings is 5. The van der Waals surface area contributed by atoms with Gasteiger partial charge in [-0.3, -0.25) is 0 Å². The van der Waals surface area contributed by atoms with E-state index in [1.165, 1.54) is 16.7 Å². The predicted octanol–water partition coefficient (Wildman–Crippen LogP) is 7.94. The average Bonchev–Trinajstić information content (AvgIpc) is 2.90. The zero-order valence-corrected chi connectivity index (χ0v) is 22.2. The van der Waals surface area contributed by atoms with Crippen molar-refractivity contribution < 1.29 is 14.7 Å². The molecule has 0 amide bonds. The Morgan fingerprint density at radius 1 is 0.447 bits per heavy atom. The van der Waals surface area contributed by atoms with Gasteiger partial charge in [0.05, 0.1) is 0 Å². The summed E-state index contributed by atoms with van der Waals surface area (Å²) in [6, 6.07) is 35.6. The van der Waals surface area contributed by atoms with Crippen molar-refractivity contribution in [1.29, 1.82) is 0 Å². The molecule has 0 bridgehead atoms. The van der Waals surface area contributed by atoms with E-state index in [-0.39, 0.29) is 0 Å². The first kappa shape index (κ1) is 25.5. The van der Waals surface area contributed by atoms with Gasteiger partial charge >= 0.3 is 7.32 Å². The van der Waals surface area contributed by atoms with Crippen molar-refractivity contribution in [1.82, 2.24) is 0 Å². The molecule has 0 heterocycles. The maximum atomic E-state index is 9.97. The summed E-state index contributed by atoms with van der Waals surface area (Å²) in [6.07, 6.45) is 0. The second kappa shape index (κ2) is 10.7. The zero-order chi connectivity index (χ0) is 26.8. The van der Waals surface area contributed by atoms with Gasteiger partial charge in [0.15, 0.2) is 0 Å². The van der Waals surface area contributed by atoms with Gasteiger partial charge in [-0.15, -0.1) is 0 Å². The van der Waals surface area contributed by atoms with Crippen LogP contribution in [0.1, 0.15) is 22.3 Å². The third-order valence-corrected chi connectivity index (χ3v) is 6.91. The van der Waals surface area contributed by atoms with Gasteiger partial charge in [-0.2, -0.15) is 0 Å². The van der Waals surface area contributed by atoms with Crippen LogP contribution >= 0.6 is 0 Å². The van der Waals surface area contributed by atoms with E-state index < -0.39 is 7.32 Å². The molecule has 0 saturated heterocycles. The topological polar surface area (TPSA) is 49.7 Å². The van der Waals surface area contributed by atoms with E-state index in [2.05, 4.69) is 125 Å². The highest BCUT2D eigenvalue weighted by atomic mass is 16.6. The van der Waals surface area contributed by atoms with Gasteiger partial charge in [-0.25, -0.2) is 0 Å². The Hall–Kier alpha value is -4.12. The molecule has 2 N–H and O–H groups in total. The molecule has 0 aliphatic rings. The van der Waals surface area contributed by atoms with E-state index in [4.69, 9.17) is 4.65 Å². The molecule has 188 valence electrons. The van der Waals surface area contributed by atoms with Gasteiger partial charge in [0, 0.05) is 11.1 Å². The standard InChI is InChI=1S/C34H31BO3/c1-22-5-13-26(14-6-22)30-21-31(38-35(36)37)33(28-17-9-24(3)10-18-28)34(29-19-11-25(4)12-20-29)32(30)27-15-7-23(2)8-16-27/h5-21,36-37H,1-4H3. The zero-order valence-electron chi connectivity index (χ0n) is 22.2. The quantitative estimate of drug-likeness (QED) is 0.234. The van der Waals surface area contributed by atoms with E-state index in [1.807, 2.05) is 6.07 Å². The maximum absolute atomic E-state index is 9.97. The molecule has 3 nitrogen and oxygen atoms in total. The number of hydrogen-bond acceptors (Lipinski definition) is 3. The van der Waals surface area contributed by atoms with E-state index in [9.17, 15) is 10.0 Å². The molecule has 0 aliphatic heterocycles. The minimum absolute atomic E-state index is 0.408. The van der Waals surface area contributed by atoms with Crippen LogP contribution in [0, 0.1) is 27.7 Å². The summed E-state index contributed by atoms with van der Waals surface area (Å²) < 4.78 is 5.72. The van der Waals surface area contributed by atoms with Crippen molar-refractivity contribution in [3.63, 3.8) is 0 Å². The molecule has 4 heteroatoms. The van der Waals surface area contributed by atoms with Gasteiger partial charge in [-0.1, -0.05) is 119 Å². The molecule has 0 aliphatic carbocycles. The minimum atomic E-state index is -1.96. The lowest BCUT2D eigenvalue weighted by Gasteiger charge is -2.24. The van der Waals surface area contributed by atoms with Crippen molar-refractivity contribution in [2.24, 2.45) is 0 Å². The van der Waals surface area contributed by atoms with Gasteiger partial charge in [-0.05, 0) is 67.1 Å². The molecular weight excluding hydrogens is 467 g/mol. The van der Waals surface area contributed by atoms with Crippen LogP contribution in [0.15, 0.2) is 103 Å². The van der Waals surface area contributed by atoms with Crippen LogP contribution in [-0.4, -0.2) is 17.4 Å². The Morgan fingerprint density at radius 3 is 1.18 bits per heavy atom. The lowest BCUT2D eigenvalue weighted by molar-refractivity contribution is 0.289. The number of rotatable bonds is 6. The number of aryl methyl sites for hydroxylation is 4. The summed E-state index contributed by atoms with van der Waals surface area (Å²) in [4.78, 5) is 0. The first-order valence-corrected chi connectivity index (χ1v) is 12.8. The molecule has 38 heavy (non-hydrogen) atoms. The Kier molecular flexibility index (Phi) is 7.19. The first-order valence-electron chi connectivity index (χ1n) is 12.8. The molecule has 0 atom stereocenters. The Labute approximate surface area is 225 Å². The van der Waals surface area contributed by atoms with Gasteiger partial charge in [0.2, 0.25) is 0 Å². The molecule has 0 fully saturated rings. The van der Waals surface area contributed by atoms with Gasteiger partial charge in [0.25, 0.3) is 0 Å². The van der Waals surface area contributed by atoms with E-state index in [1.54, 1.807) is 0 Å². The number of hydrogen-bond donors (Lipinski definition) is 2. The fourth-order valence-corrected chi connectivity index (χ4v) is 4.86. The maximum Gasteiger partial charge on any atom is 0.707 e. The smallest absolute Gasteiger partial charge is 0.511 e. The highest BCUT2D eigenvalue weighted by Gasteiger charge is 2.26. The SMILES string of the molecule is Cc1ccc(-c2cc(OB(O)O)c(-c3ccc(C)cc3)c(-c3ccc(C)cc3)c2-c2ccc(C)cc2)cc1. The summed E-state index contributed by atoms with van der Waals surface area (Å²) in [5.41, 5.74) is 12.5. The lowest BCUT2D eigenvalue weighted by Crippen LogP contribution is -2.21. The Bertz CT molecular complexity index is 1550. The van der Waals surface area contributed by atoms with Gasteiger partial charge < -0.3 is 14.7 Å². The van der Waals surface area contributed by atoms with Crippen LogP contribution in [0.5, 0.6) is 5.75 Å². The second-order valence-corrected chi connectivity index (χ2v) is 9.96. The molecule has 0 radical (unpaired) electrons. The normalized spacial score (nSPS) is 10.9. The predicted molar refractivity (Wildman–Crippen MR) is 158 cm³/mol. The summed E-state index contributed by atoms with van der Waals surface area (Å²) >= 11 is 0. The minimum Gasteiger partial charge on any atom is -0.511 e. The molecule has 5 aromatic rings. The first-order chi connectivity index (χ1) is 18.3. The molecule has 0 spiro atoms. The average molecular weight is 498 g/mol. The van der Waals surface area contributed by atoms with Crippen molar-refractivity contribution in [3.05, 3.63) is 125 Å². The third-order valence-electron chi connectivity index (χ3n) is 6.91. The second-order valence-electron chi connectivity index (χ2n) is 9.96. The van der Waals surface area contributed by atoms with E-state index in [0.717, 1.165) is 50.1 Å². The highest BCUT2D eigenvalue weighted by Crippen LogP contribution is 2.50. The van der Waals surface area contributed by atoms with Crippen LogP contribution in [0.4, 0.5) is 0 Å². The summed E-state index contributed by atoms with van der Waals surface area (Å²) in [7, 11) is -1.96. The molecule has 5 aromatic carbocycles. The lowest BCUT2D eigenvalue weighted by atomic mass is 9.81. The summed E-state index contributed by atoms with van der Waals surface area (Å²) in [5, 5.41) is 19.9. The summed E-state index contributed by atoms with van der Waals surface area (Å²) in [5.74, 6) is 0.408. The Morgan fingerprint density at radius 2 is 0.789 bits per heavy atom. The van der Waals surface area contributed by atoms with Crippen molar-refractivity contribution in [2.45, 2.75) is 27.7 Å². The van der Waals surface area contributed by atoms with Crippen LogP contribution in [0.25, 0.3) is 44.5 Å². The summed E-state index contributed by atoms with van der Waals surface area (Å²) in [6.45, 7) is 8.28.